The molecule has 1 aromatic rings. The third-order valence-electron chi connectivity index (χ3n) is 5.58. The van der Waals surface area contributed by atoms with Gasteiger partial charge in [0, 0.05) is 11.1 Å². The number of fused-ring (bicyclic) bond motifs is 5. The molecule has 1 heterocycles. The Morgan fingerprint density at radius 2 is 2.26 bits per heavy atom. The van der Waals surface area contributed by atoms with Crippen LogP contribution in [0.5, 0.6) is 0 Å². The van der Waals surface area contributed by atoms with E-state index in [0.717, 1.165) is 0 Å². The molecule has 0 spiro atoms. The summed E-state index contributed by atoms with van der Waals surface area (Å²) in [5.41, 5.74) is 3.01. The second-order valence-corrected chi connectivity index (χ2v) is 6.56. The SMILES string of the molecule is CCOC(=O)Cn1ncc2c1[C@]1(C)CC[C@H]2C1(C)C. The second-order valence-electron chi connectivity index (χ2n) is 6.56. The van der Waals surface area contributed by atoms with Gasteiger partial charge in [-0.25, -0.2) is 0 Å². The molecule has 1 saturated carbocycles. The highest BCUT2D eigenvalue weighted by molar-refractivity contribution is 5.69. The predicted molar refractivity (Wildman–Crippen MR) is 72.0 cm³/mol. The van der Waals surface area contributed by atoms with Gasteiger partial charge in [0.1, 0.15) is 6.54 Å². The zero-order valence-electron chi connectivity index (χ0n) is 12.2. The second kappa shape index (κ2) is 3.84. The Bertz CT molecular complexity index is 532. The topological polar surface area (TPSA) is 44.1 Å². The van der Waals surface area contributed by atoms with E-state index in [1.165, 1.54) is 24.1 Å². The van der Waals surface area contributed by atoms with Crippen LogP contribution in [-0.4, -0.2) is 22.4 Å². The standard InChI is InChI=1S/C15H22N2O2/c1-5-19-12(18)9-17-13-10(8-16-17)11-6-7-15(13,4)14(11,2)3/h8,11H,5-7,9H2,1-4H3/t11-,15+/m1/s1. The van der Waals surface area contributed by atoms with Crippen molar-refractivity contribution in [2.45, 2.75) is 58.4 Å². The first-order valence-electron chi connectivity index (χ1n) is 7.13. The van der Waals surface area contributed by atoms with Crippen LogP contribution in [0.2, 0.25) is 0 Å². The summed E-state index contributed by atoms with van der Waals surface area (Å²) in [4.78, 5) is 11.7. The first-order chi connectivity index (χ1) is 8.91. The van der Waals surface area contributed by atoms with Crippen LogP contribution in [-0.2, 0) is 21.5 Å². The van der Waals surface area contributed by atoms with Crippen molar-refractivity contribution < 1.29 is 9.53 Å². The minimum absolute atomic E-state index is 0.135. The maximum absolute atomic E-state index is 11.7. The zero-order chi connectivity index (χ0) is 13.8. The number of hydrogen-bond donors (Lipinski definition) is 0. The summed E-state index contributed by atoms with van der Waals surface area (Å²) in [7, 11) is 0. The van der Waals surface area contributed by atoms with Crippen LogP contribution < -0.4 is 0 Å². The summed E-state index contributed by atoms with van der Waals surface area (Å²) in [5.74, 6) is 0.390. The Labute approximate surface area is 114 Å². The summed E-state index contributed by atoms with van der Waals surface area (Å²) in [6.07, 6.45) is 4.39. The molecule has 0 aliphatic heterocycles. The minimum atomic E-state index is -0.197. The molecule has 2 atom stereocenters. The van der Waals surface area contributed by atoms with Crippen LogP contribution in [0, 0.1) is 5.41 Å². The highest BCUT2D eigenvalue weighted by Gasteiger charge is 2.61. The number of rotatable bonds is 3. The lowest BCUT2D eigenvalue weighted by Gasteiger charge is -2.35. The van der Waals surface area contributed by atoms with Crippen molar-refractivity contribution >= 4 is 5.97 Å². The molecule has 0 aromatic carbocycles. The number of nitrogens with zero attached hydrogens (tertiary/aromatic N) is 2. The van der Waals surface area contributed by atoms with Gasteiger partial charge in [-0.2, -0.15) is 5.10 Å². The van der Waals surface area contributed by atoms with Crippen LogP contribution in [0.3, 0.4) is 0 Å². The van der Waals surface area contributed by atoms with Gasteiger partial charge in [0.05, 0.1) is 12.8 Å². The number of carbonyl (C=O) groups excluding carboxylic acids is 1. The molecule has 2 aliphatic rings. The van der Waals surface area contributed by atoms with E-state index in [0.29, 0.717) is 12.5 Å². The quantitative estimate of drug-likeness (QED) is 0.786. The molecule has 0 unspecified atom stereocenters. The largest absolute Gasteiger partial charge is 0.465 e. The molecule has 104 valence electrons. The van der Waals surface area contributed by atoms with Crippen LogP contribution in [0.1, 0.15) is 57.7 Å². The minimum Gasteiger partial charge on any atom is -0.465 e. The Morgan fingerprint density at radius 1 is 1.53 bits per heavy atom. The summed E-state index contributed by atoms with van der Waals surface area (Å²) >= 11 is 0. The van der Waals surface area contributed by atoms with Crippen molar-refractivity contribution in [2.24, 2.45) is 5.41 Å². The van der Waals surface area contributed by atoms with E-state index in [9.17, 15) is 4.79 Å². The van der Waals surface area contributed by atoms with Gasteiger partial charge >= 0.3 is 5.97 Å². The van der Waals surface area contributed by atoms with E-state index in [-0.39, 0.29) is 23.3 Å². The summed E-state index contributed by atoms with van der Waals surface area (Å²) in [6, 6.07) is 0. The molecule has 4 nitrogen and oxygen atoms in total. The number of esters is 1. The lowest BCUT2D eigenvalue weighted by Crippen LogP contribution is -2.34. The Kier molecular flexibility index (Phi) is 2.57. The van der Waals surface area contributed by atoms with Gasteiger partial charge in [0.15, 0.2) is 0 Å². The maximum atomic E-state index is 11.7. The van der Waals surface area contributed by atoms with E-state index in [1.807, 2.05) is 17.8 Å². The normalized spacial score (nSPS) is 30.4. The molecule has 0 saturated heterocycles. The fourth-order valence-corrected chi connectivity index (χ4v) is 4.18. The van der Waals surface area contributed by atoms with Crippen LogP contribution in [0.25, 0.3) is 0 Å². The van der Waals surface area contributed by atoms with Crippen LogP contribution in [0.4, 0.5) is 0 Å². The average Bonchev–Trinajstić information content (AvgIpc) is 2.87. The zero-order valence-corrected chi connectivity index (χ0v) is 12.2. The van der Waals surface area contributed by atoms with E-state index >= 15 is 0 Å². The molecular weight excluding hydrogens is 240 g/mol. The van der Waals surface area contributed by atoms with Crippen molar-refractivity contribution in [1.82, 2.24) is 9.78 Å². The van der Waals surface area contributed by atoms with Crippen molar-refractivity contribution in [1.29, 1.82) is 0 Å². The van der Waals surface area contributed by atoms with Crippen molar-refractivity contribution in [3.8, 4) is 0 Å². The van der Waals surface area contributed by atoms with Gasteiger partial charge in [0.2, 0.25) is 0 Å². The third kappa shape index (κ3) is 1.46. The molecule has 19 heavy (non-hydrogen) atoms. The van der Waals surface area contributed by atoms with Gasteiger partial charge in [0.25, 0.3) is 0 Å². The molecule has 4 heteroatoms. The van der Waals surface area contributed by atoms with Crippen molar-refractivity contribution in [2.75, 3.05) is 6.61 Å². The maximum Gasteiger partial charge on any atom is 0.327 e. The fraction of sp³-hybridized carbons (Fsp3) is 0.733. The number of aromatic nitrogens is 2. The first kappa shape index (κ1) is 12.7. The number of carbonyl (C=O) groups is 1. The van der Waals surface area contributed by atoms with Gasteiger partial charge < -0.3 is 4.74 Å². The van der Waals surface area contributed by atoms with Gasteiger partial charge in [-0.1, -0.05) is 20.8 Å². The van der Waals surface area contributed by atoms with Crippen LogP contribution in [0.15, 0.2) is 6.20 Å². The molecule has 0 radical (unpaired) electrons. The Hall–Kier alpha value is -1.32. The molecule has 1 aromatic heterocycles. The van der Waals surface area contributed by atoms with Gasteiger partial charge in [-0.15, -0.1) is 0 Å². The van der Waals surface area contributed by atoms with E-state index in [4.69, 9.17) is 4.74 Å². The monoisotopic (exact) mass is 262 g/mol. The molecular formula is C15H22N2O2. The molecule has 0 amide bonds. The molecule has 0 N–H and O–H groups in total. The van der Waals surface area contributed by atoms with E-state index < -0.39 is 0 Å². The highest BCUT2D eigenvalue weighted by atomic mass is 16.5. The molecule has 2 aliphatic carbocycles. The number of ether oxygens (including phenoxy) is 1. The molecule has 3 rings (SSSR count). The lowest BCUT2D eigenvalue weighted by molar-refractivity contribution is -0.144. The first-order valence-corrected chi connectivity index (χ1v) is 7.13. The van der Waals surface area contributed by atoms with E-state index in [1.54, 1.807) is 0 Å². The smallest absolute Gasteiger partial charge is 0.327 e. The van der Waals surface area contributed by atoms with E-state index in [2.05, 4.69) is 25.9 Å². The summed E-state index contributed by atoms with van der Waals surface area (Å²) in [5, 5.41) is 4.43. The molecule has 2 bridgehead atoms. The van der Waals surface area contributed by atoms with Gasteiger partial charge in [-0.05, 0) is 36.7 Å². The van der Waals surface area contributed by atoms with Crippen LogP contribution >= 0.6 is 0 Å². The summed E-state index contributed by atoms with van der Waals surface area (Å²) in [6.45, 7) is 9.51. The van der Waals surface area contributed by atoms with Gasteiger partial charge in [-0.3, -0.25) is 9.48 Å². The summed E-state index contributed by atoms with van der Waals surface area (Å²) < 4.78 is 6.91. The highest BCUT2D eigenvalue weighted by Crippen LogP contribution is 2.67. The number of hydrogen-bond acceptors (Lipinski definition) is 3. The molecule has 1 fully saturated rings. The Balaban J connectivity index is 1.98. The van der Waals surface area contributed by atoms with Crippen molar-refractivity contribution in [3.05, 3.63) is 17.5 Å². The predicted octanol–water partition coefficient (Wildman–Crippen LogP) is 2.62. The fourth-order valence-electron chi connectivity index (χ4n) is 4.18. The lowest BCUT2D eigenvalue weighted by atomic mass is 9.70. The Morgan fingerprint density at radius 3 is 2.95 bits per heavy atom. The average molecular weight is 262 g/mol. The van der Waals surface area contributed by atoms with Crippen molar-refractivity contribution in [3.63, 3.8) is 0 Å². The third-order valence-corrected chi connectivity index (χ3v) is 5.58.